The molecule has 0 saturated heterocycles. The van der Waals surface area contributed by atoms with Gasteiger partial charge in [0, 0.05) is 11.8 Å². The van der Waals surface area contributed by atoms with Gasteiger partial charge in [0.25, 0.3) is 0 Å². The molecule has 0 aliphatic rings. The van der Waals surface area contributed by atoms with Gasteiger partial charge in [-0.05, 0) is 13.0 Å². The second-order valence-electron chi connectivity index (χ2n) is 3.88. The number of methoxy groups -OCH3 is 1. The number of carbonyl (C=O) groups excluding carboxylic acids is 1. The van der Waals surface area contributed by atoms with E-state index in [-0.39, 0.29) is 11.3 Å². The highest BCUT2D eigenvalue weighted by molar-refractivity contribution is 5.90. The lowest BCUT2D eigenvalue weighted by Crippen LogP contribution is -2.06. The summed E-state index contributed by atoms with van der Waals surface area (Å²) in [4.78, 5) is 15.4. The van der Waals surface area contributed by atoms with Gasteiger partial charge in [0.15, 0.2) is 5.82 Å². The van der Waals surface area contributed by atoms with Crippen molar-refractivity contribution in [3.05, 3.63) is 53.5 Å². The van der Waals surface area contributed by atoms with Crippen molar-refractivity contribution in [1.29, 1.82) is 0 Å². The molecule has 18 heavy (non-hydrogen) atoms. The molecule has 0 N–H and O–H groups in total. The average Bonchev–Trinajstić information content (AvgIpc) is 2.39. The number of pyridine rings is 1. The zero-order valence-electron chi connectivity index (χ0n) is 10.1. The molecule has 3 nitrogen and oxygen atoms in total. The van der Waals surface area contributed by atoms with Crippen LogP contribution in [0.3, 0.4) is 0 Å². The van der Waals surface area contributed by atoms with E-state index in [9.17, 15) is 9.18 Å². The molecule has 4 heteroatoms. The maximum atomic E-state index is 14.1. The van der Waals surface area contributed by atoms with Crippen LogP contribution in [0.5, 0.6) is 0 Å². The number of esters is 1. The van der Waals surface area contributed by atoms with Gasteiger partial charge in [-0.3, -0.25) is 4.98 Å². The van der Waals surface area contributed by atoms with Crippen molar-refractivity contribution in [1.82, 2.24) is 4.98 Å². The number of hydrogen-bond acceptors (Lipinski definition) is 3. The van der Waals surface area contributed by atoms with Crippen molar-refractivity contribution >= 4 is 5.97 Å². The van der Waals surface area contributed by atoms with Crippen LogP contribution < -0.4 is 0 Å². The van der Waals surface area contributed by atoms with Crippen LogP contribution in [-0.2, 0) is 4.74 Å². The Morgan fingerprint density at radius 2 is 1.89 bits per heavy atom. The molecule has 2 aromatic rings. The van der Waals surface area contributed by atoms with Gasteiger partial charge in [0.05, 0.1) is 12.7 Å². The third kappa shape index (κ3) is 2.22. The lowest BCUT2D eigenvalue weighted by Gasteiger charge is -2.06. The quantitative estimate of drug-likeness (QED) is 0.763. The standard InChI is InChI=1S/C14H12FNO2/c1-9-3-5-10(6-4-9)13-12(15)11(7-8-16-13)14(17)18-2/h3-8H,1-2H3. The summed E-state index contributed by atoms with van der Waals surface area (Å²) in [6, 6.07) is 8.56. The van der Waals surface area contributed by atoms with E-state index in [1.54, 1.807) is 12.1 Å². The number of nitrogens with zero attached hydrogens (tertiary/aromatic N) is 1. The molecule has 92 valence electrons. The largest absolute Gasteiger partial charge is 0.465 e. The van der Waals surface area contributed by atoms with Crippen molar-refractivity contribution in [3.8, 4) is 11.3 Å². The van der Waals surface area contributed by atoms with Gasteiger partial charge in [-0.2, -0.15) is 0 Å². The van der Waals surface area contributed by atoms with Gasteiger partial charge in [0.1, 0.15) is 5.69 Å². The van der Waals surface area contributed by atoms with Crippen LogP contribution in [0, 0.1) is 12.7 Å². The third-order valence-corrected chi connectivity index (χ3v) is 2.62. The minimum Gasteiger partial charge on any atom is -0.465 e. The van der Waals surface area contributed by atoms with E-state index >= 15 is 0 Å². The SMILES string of the molecule is COC(=O)c1ccnc(-c2ccc(C)cc2)c1F. The van der Waals surface area contributed by atoms with Crippen LogP contribution in [0.1, 0.15) is 15.9 Å². The first-order valence-electron chi connectivity index (χ1n) is 5.43. The van der Waals surface area contributed by atoms with Gasteiger partial charge in [-0.1, -0.05) is 29.8 Å². The second kappa shape index (κ2) is 4.96. The minimum atomic E-state index is -0.705. The van der Waals surface area contributed by atoms with E-state index in [1.165, 1.54) is 19.4 Å². The number of ether oxygens (including phenoxy) is 1. The van der Waals surface area contributed by atoms with E-state index in [1.807, 2.05) is 19.1 Å². The topological polar surface area (TPSA) is 39.2 Å². The molecule has 0 aliphatic heterocycles. The van der Waals surface area contributed by atoms with Crippen LogP contribution in [0.2, 0.25) is 0 Å². The number of aryl methyl sites for hydroxylation is 1. The first-order chi connectivity index (χ1) is 8.63. The first-order valence-corrected chi connectivity index (χ1v) is 5.43. The zero-order chi connectivity index (χ0) is 13.1. The van der Waals surface area contributed by atoms with Crippen molar-refractivity contribution in [2.24, 2.45) is 0 Å². The van der Waals surface area contributed by atoms with Gasteiger partial charge in [-0.25, -0.2) is 9.18 Å². The summed E-state index contributed by atoms with van der Waals surface area (Å²) < 4.78 is 18.7. The summed E-state index contributed by atoms with van der Waals surface area (Å²) in [6.07, 6.45) is 1.39. The van der Waals surface area contributed by atoms with Crippen LogP contribution in [0.25, 0.3) is 11.3 Å². The molecule has 1 heterocycles. The molecule has 1 aromatic carbocycles. The average molecular weight is 245 g/mol. The molecule has 0 unspecified atom stereocenters. The number of carbonyl (C=O) groups is 1. The third-order valence-electron chi connectivity index (χ3n) is 2.62. The lowest BCUT2D eigenvalue weighted by atomic mass is 10.1. The Kier molecular flexibility index (Phi) is 3.37. The molecule has 0 saturated carbocycles. The molecule has 0 atom stereocenters. The number of benzene rings is 1. The second-order valence-corrected chi connectivity index (χ2v) is 3.88. The molecule has 0 spiro atoms. The predicted molar refractivity (Wildman–Crippen MR) is 65.7 cm³/mol. The fourth-order valence-electron chi connectivity index (χ4n) is 1.62. The fourth-order valence-corrected chi connectivity index (χ4v) is 1.62. The maximum Gasteiger partial charge on any atom is 0.340 e. The van der Waals surface area contributed by atoms with Gasteiger partial charge >= 0.3 is 5.97 Å². The van der Waals surface area contributed by atoms with Crippen molar-refractivity contribution in [3.63, 3.8) is 0 Å². The molecule has 1 aromatic heterocycles. The van der Waals surface area contributed by atoms with E-state index < -0.39 is 11.8 Å². The van der Waals surface area contributed by atoms with E-state index in [0.29, 0.717) is 5.56 Å². The Morgan fingerprint density at radius 1 is 1.22 bits per heavy atom. The monoisotopic (exact) mass is 245 g/mol. The predicted octanol–water partition coefficient (Wildman–Crippen LogP) is 2.98. The van der Waals surface area contributed by atoms with E-state index in [2.05, 4.69) is 9.72 Å². The summed E-state index contributed by atoms with van der Waals surface area (Å²) in [5, 5.41) is 0. The Balaban J connectivity index is 2.52. The normalized spacial score (nSPS) is 10.2. The summed E-state index contributed by atoms with van der Waals surface area (Å²) in [7, 11) is 1.22. The summed E-state index contributed by atoms with van der Waals surface area (Å²) in [6.45, 7) is 1.94. The molecular formula is C14H12FNO2. The summed E-state index contributed by atoms with van der Waals surface area (Å²) >= 11 is 0. The Hall–Kier alpha value is -2.23. The Bertz CT molecular complexity index is 579. The van der Waals surface area contributed by atoms with E-state index in [4.69, 9.17) is 0 Å². The minimum absolute atomic E-state index is 0.108. The van der Waals surface area contributed by atoms with Crippen LogP contribution in [-0.4, -0.2) is 18.1 Å². The van der Waals surface area contributed by atoms with Crippen molar-refractivity contribution in [2.45, 2.75) is 6.92 Å². The van der Waals surface area contributed by atoms with Crippen LogP contribution in [0.4, 0.5) is 4.39 Å². The number of aromatic nitrogens is 1. The Labute approximate surface area is 104 Å². The molecule has 0 bridgehead atoms. The van der Waals surface area contributed by atoms with Crippen LogP contribution in [0.15, 0.2) is 36.5 Å². The highest BCUT2D eigenvalue weighted by Gasteiger charge is 2.17. The highest BCUT2D eigenvalue weighted by atomic mass is 19.1. The molecule has 0 aliphatic carbocycles. The van der Waals surface area contributed by atoms with Crippen LogP contribution >= 0.6 is 0 Å². The summed E-state index contributed by atoms with van der Waals surface area (Å²) in [5.41, 5.74) is 1.74. The molecule has 0 fully saturated rings. The summed E-state index contributed by atoms with van der Waals surface area (Å²) in [5.74, 6) is -1.36. The Morgan fingerprint density at radius 3 is 2.50 bits per heavy atom. The molecule has 0 radical (unpaired) electrons. The zero-order valence-corrected chi connectivity index (χ0v) is 10.1. The first kappa shape index (κ1) is 12.2. The van der Waals surface area contributed by atoms with E-state index in [0.717, 1.165) is 5.56 Å². The van der Waals surface area contributed by atoms with Gasteiger partial charge < -0.3 is 4.74 Å². The molecule has 2 rings (SSSR count). The number of halogens is 1. The highest BCUT2D eigenvalue weighted by Crippen LogP contribution is 2.23. The smallest absolute Gasteiger partial charge is 0.340 e. The van der Waals surface area contributed by atoms with Gasteiger partial charge in [-0.15, -0.1) is 0 Å². The van der Waals surface area contributed by atoms with Crippen molar-refractivity contribution < 1.29 is 13.9 Å². The fraction of sp³-hybridized carbons (Fsp3) is 0.143. The number of hydrogen-bond donors (Lipinski definition) is 0. The lowest BCUT2D eigenvalue weighted by molar-refractivity contribution is 0.0595. The molecule has 0 amide bonds. The maximum absolute atomic E-state index is 14.1. The van der Waals surface area contributed by atoms with Crippen molar-refractivity contribution in [2.75, 3.05) is 7.11 Å². The molecular weight excluding hydrogens is 233 g/mol. The number of rotatable bonds is 2. The van der Waals surface area contributed by atoms with Gasteiger partial charge in [0.2, 0.25) is 0 Å².